The van der Waals surface area contributed by atoms with Crippen molar-refractivity contribution < 1.29 is 4.42 Å². The molecule has 0 radical (unpaired) electrons. The molecule has 0 saturated heterocycles. The zero-order valence-corrected chi connectivity index (χ0v) is 16.3. The van der Waals surface area contributed by atoms with Gasteiger partial charge in [-0.2, -0.15) is 0 Å². The van der Waals surface area contributed by atoms with E-state index in [9.17, 15) is 0 Å². The third-order valence-corrected chi connectivity index (χ3v) is 4.07. The quantitative estimate of drug-likeness (QED) is 0.430. The molecule has 0 spiro atoms. The van der Waals surface area contributed by atoms with Crippen molar-refractivity contribution in [3.63, 3.8) is 0 Å². The Kier molecular flexibility index (Phi) is 6.04. The molecule has 3 aromatic heterocycles. The molecule has 3 heterocycles. The van der Waals surface area contributed by atoms with Gasteiger partial charge in [-0.05, 0) is 36.8 Å². The molecule has 0 aliphatic carbocycles. The molecule has 6 heteroatoms. The fraction of sp³-hybridized carbons (Fsp3) is 0.190. The summed E-state index contributed by atoms with van der Waals surface area (Å²) in [5.74, 6) is 2.82. The highest BCUT2D eigenvalue weighted by molar-refractivity contribution is 6.29. The maximum Gasteiger partial charge on any atom is 0.217 e. The van der Waals surface area contributed by atoms with Crippen LogP contribution in [0.3, 0.4) is 0 Å². The first kappa shape index (κ1) is 18.9. The monoisotopic (exact) mass is 380 g/mol. The molecule has 4 aromatic rings. The standard InChI is InChI=1S/C19H15ClN4O.C2H6/c1-13-22-19(23-24(13)12-14-9-10-21-18(20)11-14)17-8-7-16(25-17)15-5-3-2-4-6-15;1-2/h2-11H,12H2,1H3;1-2H3. The van der Waals surface area contributed by atoms with Crippen LogP contribution in [0.5, 0.6) is 0 Å². The fourth-order valence-corrected chi connectivity index (χ4v) is 2.80. The Morgan fingerprint density at radius 3 is 2.48 bits per heavy atom. The fourth-order valence-electron chi connectivity index (χ4n) is 2.60. The number of hydrogen-bond acceptors (Lipinski definition) is 4. The molecule has 0 bridgehead atoms. The molecular weight excluding hydrogens is 360 g/mol. The van der Waals surface area contributed by atoms with Crippen LogP contribution in [0.15, 0.2) is 65.2 Å². The van der Waals surface area contributed by atoms with E-state index in [1.807, 2.05) is 80.1 Å². The normalized spacial score (nSPS) is 10.4. The topological polar surface area (TPSA) is 56.7 Å². The highest BCUT2D eigenvalue weighted by Crippen LogP contribution is 2.26. The van der Waals surface area contributed by atoms with E-state index in [1.54, 1.807) is 6.20 Å². The minimum Gasteiger partial charge on any atom is -0.453 e. The van der Waals surface area contributed by atoms with Gasteiger partial charge in [0.25, 0.3) is 0 Å². The van der Waals surface area contributed by atoms with Crippen LogP contribution in [0.4, 0.5) is 0 Å². The van der Waals surface area contributed by atoms with E-state index in [-0.39, 0.29) is 0 Å². The van der Waals surface area contributed by atoms with Crippen LogP contribution in [-0.2, 0) is 6.54 Å². The van der Waals surface area contributed by atoms with Gasteiger partial charge in [0.2, 0.25) is 5.82 Å². The van der Waals surface area contributed by atoms with Gasteiger partial charge in [0, 0.05) is 11.8 Å². The predicted molar refractivity (Wildman–Crippen MR) is 108 cm³/mol. The van der Waals surface area contributed by atoms with E-state index < -0.39 is 0 Å². The first-order valence-electron chi connectivity index (χ1n) is 8.86. The average Bonchev–Trinajstić information content (AvgIpc) is 3.32. The number of pyridine rings is 1. The van der Waals surface area contributed by atoms with Gasteiger partial charge in [0.05, 0.1) is 6.54 Å². The number of aryl methyl sites for hydroxylation is 1. The summed E-state index contributed by atoms with van der Waals surface area (Å²) >= 11 is 5.94. The number of hydrogen-bond donors (Lipinski definition) is 0. The van der Waals surface area contributed by atoms with E-state index in [0.29, 0.717) is 23.3 Å². The molecule has 0 unspecified atom stereocenters. The number of rotatable bonds is 4. The maximum absolute atomic E-state index is 5.94. The lowest BCUT2D eigenvalue weighted by Gasteiger charge is -2.03. The summed E-state index contributed by atoms with van der Waals surface area (Å²) in [6.45, 7) is 6.49. The summed E-state index contributed by atoms with van der Waals surface area (Å²) in [6.07, 6.45) is 1.68. The van der Waals surface area contributed by atoms with Crippen LogP contribution in [0.1, 0.15) is 25.2 Å². The first-order chi connectivity index (χ1) is 13.2. The number of nitrogens with zero attached hydrogens (tertiary/aromatic N) is 4. The lowest BCUT2D eigenvalue weighted by molar-refractivity contribution is 0.588. The van der Waals surface area contributed by atoms with E-state index in [0.717, 1.165) is 22.7 Å². The van der Waals surface area contributed by atoms with Crippen molar-refractivity contribution in [2.24, 2.45) is 0 Å². The van der Waals surface area contributed by atoms with Gasteiger partial charge in [-0.3, -0.25) is 0 Å². The SMILES string of the molecule is CC.Cc1nc(-c2ccc(-c3ccccc3)o2)nn1Cc1ccnc(Cl)c1. The molecule has 27 heavy (non-hydrogen) atoms. The Bertz CT molecular complexity index is 1010. The molecule has 5 nitrogen and oxygen atoms in total. The van der Waals surface area contributed by atoms with Gasteiger partial charge < -0.3 is 4.42 Å². The Morgan fingerprint density at radius 1 is 1.00 bits per heavy atom. The largest absolute Gasteiger partial charge is 0.453 e. The lowest BCUT2D eigenvalue weighted by atomic mass is 10.2. The van der Waals surface area contributed by atoms with Crippen molar-refractivity contribution in [2.45, 2.75) is 27.3 Å². The number of aromatic nitrogens is 4. The van der Waals surface area contributed by atoms with Gasteiger partial charge in [0.1, 0.15) is 16.7 Å². The van der Waals surface area contributed by atoms with E-state index >= 15 is 0 Å². The summed E-state index contributed by atoms with van der Waals surface area (Å²) in [7, 11) is 0. The molecule has 0 fully saturated rings. The third kappa shape index (κ3) is 4.44. The minimum absolute atomic E-state index is 0.467. The molecule has 0 atom stereocenters. The molecular formula is C21H21ClN4O. The highest BCUT2D eigenvalue weighted by atomic mass is 35.5. The number of furan rings is 1. The van der Waals surface area contributed by atoms with E-state index in [4.69, 9.17) is 16.0 Å². The summed E-state index contributed by atoms with van der Waals surface area (Å²) in [5, 5.41) is 5.03. The second-order valence-corrected chi connectivity index (χ2v) is 6.04. The van der Waals surface area contributed by atoms with Gasteiger partial charge in [-0.1, -0.05) is 55.8 Å². The molecule has 0 amide bonds. The van der Waals surface area contributed by atoms with Gasteiger partial charge in [-0.15, -0.1) is 5.10 Å². The summed E-state index contributed by atoms with van der Waals surface area (Å²) < 4.78 is 7.75. The van der Waals surface area contributed by atoms with Crippen molar-refractivity contribution in [1.82, 2.24) is 19.7 Å². The Balaban J connectivity index is 0.00000102. The smallest absolute Gasteiger partial charge is 0.217 e. The van der Waals surface area contributed by atoms with Crippen LogP contribution in [-0.4, -0.2) is 19.7 Å². The van der Waals surface area contributed by atoms with Crippen molar-refractivity contribution >= 4 is 11.6 Å². The second-order valence-electron chi connectivity index (χ2n) is 5.66. The highest BCUT2D eigenvalue weighted by Gasteiger charge is 2.13. The molecule has 4 rings (SSSR count). The third-order valence-electron chi connectivity index (χ3n) is 3.86. The number of benzene rings is 1. The van der Waals surface area contributed by atoms with Crippen molar-refractivity contribution in [3.05, 3.63) is 77.3 Å². The maximum atomic E-state index is 5.94. The summed E-state index contributed by atoms with van der Waals surface area (Å²) in [5.41, 5.74) is 2.04. The van der Waals surface area contributed by atoms with Crippen LogP contribution in [0.25, 0.3) is 22.9 Å². The molecule has 1 aromatic carbocycles. The predicted octanol–water partition coefficient (Wildman–Crippen LogP) is 5.64. The first-order valence-corrected chi connectivity index (χ1v) is 9.24. The van der Waals surface area contributed by atoms with Gasteiger partial charge >= 0.3 is 0 Å². The number of halogens is 1. The average molecular weight is 381 g/mol. The van der Waals surface area contributed by atoms with Crippen molar-refractivity contribution in [1.29, 1.82) is 0 Å². The molecule has 0 aliphatic heterocycles. The summed E-state index contributed by atoms with van der Waals surface area (Å²) in [4.78, 5) is 8.51. The Hall–Kier alpha value is -2.92. The molecule has 138 valence electrons. The minimum atomic E-state index is 0.467. The molecule has 0 aliphatic rings. The van der Waals surface area contributed by atoms with Crippen LogP contribution in [0.2, 0.25) is 5.15 Å². The van der Waals surface area contributed by atoms with E-state index in [2.05, 4.69) is 15.1 Å². The van der Waals surface area contributed by atoms with Crippen LogP contribution in [0, 0.1) is 6.92 Å². The Morgan fingerprint density at radius 2 is 1.74 bits per heavy atom. The van der Waals surface area contributed by atoms with Gasteiger partial charge in [-0.25, -0.2) is 14.6 Å². The van der Waals surface area contributed by atoms with Crippen LogP contribution >= 0.6 is 11.6 Å². The second kappa shape index (κ2) is 8.64. The Labute approximate surface area is 163 Å². The van der Waals surface area contributed by atoms with Crippen molar-refractivity contribution in [2.75, 3.05) is 0 Å². The van der Waals surface area contributed by atoms with Crippen LogP contribution < -0.4 is 0 Å². The lowest BCUT2D eigenvalue weighted by Crippen LogP contribution is -2.04. The zero-order valence-electron chi connectivity index (χ0n) is 15.6. The summed E-state index contributed by atoms with van der Waals surface area (Å²) in [6, 6.07) is 17.5. The zero-order chi connectivity index (χ0) is 19.2. The molecule has 0 saturated carbocycles. The molecule has 0 N–H and O–H groups in total. The van der Waals surface area contributed by atoms with E-state index in [1.165, 1.54) is 0 Å². The van der Waals surface area contributed by atoms with Gasteiger partial charge in [0.15, 0.2) is 5.76 Å². The van der Waals surface area contributed by atoms with Crippen molar-refractivity contribution in [3.8, 4) is 22.9 Å².